The van der Waals surface area contributed by atoms with Gasteiger partial charge in [0.25, 0.3) is 0 Å². The van der Waals surface area contributed by atoms with Crippen molar-refractivity contribution in [2.24, 2.45) is 0 Å². The molecule has 72 valence electrons. The average molecular weight is 173 g/mol. The summed E-state index contributed by atoms with van der Waals surface area (Å²) >= 11 is 0. The van der Waals surface area contributed by atoms with Crippen molar-refractivity contribution in [3.8, 4) is 0 Å². The predicted molar refractivity (Wildman–Crippen MR) is 48.3 cm³/mol. The summed E-state index contributed by atoms with van der Waals surface area (Å²) in [5, 5.41) is 3.39. The Bertz CT molecular complexity index is 111. The largest absolute Gasteiger partial charge is 0.382 e. The number of piperidine rings is 1. The summed E-state index contributed by atoms with van der Waals surface area (Å²) in [7, 11) is 1.70. The molecule has 0 saturated carbocycles. The van der Waals surface area contributed by atoms with Crippen molar-refractivity contribution in [1.29, 1.82) is 0 Å². The van der Waals surface area contributed by atoms with Gasteiger partial charge in [0.15, 0.2) is 0 Å². The first-order chi connectivity index (χ1) is 5.83. The van der Waals surface area contributed by atoms with E-state index in [9.17, 15) is 0 Å². The minimum atomic E-state index is 0.399. The molecular weight excluding hydrogens is 154 g/mol. The second kappa shape index (κ2) is 5.51. The Morgan fingerprint density at radius 1 is 1.33 bits per heavy atom. The lowest BCUT2D eigenvalue weighted by Gasteiger charge is -2.27. The summed E-state index contributed by atoms with van der Waals surface area (Å²) < 4.78 is 10.5. The normalized spacial score (nSPS) is 30.5. The molecule has 12 heavy (non-hydrogen) atoms. The molecule has 0 aromatic carbocycles. The van der Waals surface area contributed by atoms with Crippen molar-refractivity contribution >= 4 is 0 Å². The van der Waals surface area contributed by atoms with Crippen LogP contribution in [0.5, 0.6) is 0 Å². The molecular formula is C9H19NO2. The van der Waals surface area contributed by atoms with E-state index in [4.69, 9.17) is 9.47 Å². The Hall–Kier alpha value is -0.120. The molecule has 2 unspecified atom stereocenters. The van der Waals surface area contributed by atoms with E-state index in [1.807, 2.05) is 0 Å². The van der Waals surface area contributed by atoms with Crippen molar-refractivity contribution < 1.29 is 9.47 Å². The van der Waals surface area contributed by atoms with Gasteiger partial charge in [-0.25, -0.2) is 0 Å². The molecule has 3 heteroatoms. The van der Waals surface area contributed by atoms with Crippen molar-refractivity contribution in [3.05, 3.63) is 0 Å². The lowest BCUT2D eigenvalue weighted by atomic mass is 10.0. The third kappa shape index (κ3) is 3.52. The van der Waals surface area contributed by atoms with E-state index in [0.29, 0.717) is 18.8 Å². The molecule has 0 bridgehead atoms. The fraction of sp³-hybridized carbons (Fsp3) is 1.00. The SMILES string of the molecule is COCCOC1CCC(C)NC1. The third-order valence-electron chi connectivity index (χ3n) is 2.26. The van der Waals surface area contributed by atoms with Crippen molar-refractivity contribution in [3.63, 3.8) is 0 Å². The van der Waals surface area contributed by atoms with Gasteiger partial charge in [-0.15, -0.1) is 0 Å². The van der Waals surface area contributed by atoms with Gasteiger partial charge in [0.1, 0.15) is 0 Å². The number of rotatable bonds is 4. The Balaban J connectivity index is 2.01. The molecule has 0 radical (unpaired) electrons. The first-order valence-corrected chi connectivity index (χ1v) is 4.67. The van der Waals surface area contributed by atoms with Gasteiger partial charge in [-0.3, -0.25) is 0 Å². The summed E-state index contributed by atoms with van der Waals surface area (Å²) in [6.45, 7) is 4.62. The van der Waals surface area contributed by atoms with Crippen LogP contribution in [0, 0.1) is 0 Å². The van der Waals surface area contributed by atoms with Crippen LogP contribution in [0.25, 0.3) is 0 Å². The molecule has 0 spiro atoms. The van der Waals surface area contributed by atoms with Gasteiger partial charge < -0.3 is 14.8 Å². The van der Waals surface area contributed by atoms with Gasteiger partial charge >= 0.3 is 0 Å². The number of ether oxygens (including phenoxy) is 2. The van der Waals surface area contributed by atoms with E-state index in [-0.39, 0.29) is 0 Å². The summed E-state index contributed by atoms with van der Waals surface area (Å²) in [5.74, 6) is 0. The van der Waals surface area contributed by atoms with Crippen molar-refractivity contribution in [2.45, 2.75) is 31.9 Å². The number of hydrogen-bond donors (Lipinski definition) is 1. The van der Waals surface area contributed by atoms with Crippen LogP contribution in [0.3, 0.4) is 0 Å². The molecule has 1 N–H and O–H groups in total. The zero-order chi connectivity index (χ0) is 8.81. The molecule has 1 saturated heterocycles. The first-order valence-electron chi connectivity index (χ1n) is 4.67. The van der Waals surface area contributed by atoms with Gasteiger partial charge in [0, 0.05) is 19.7 Å². The summed E-state index contributed by atoms with van der Waals surface area (Å²) in [4.78, 5) is 0. The maximum absolute atomic E-state index is 5.58. The smallest absolute Gasteiger partial charge is 0.0704 e. The molecule has 3 nitrogen and oxygen atoms in total. The van der Waals surface area contributed by atoms with E-state index in [1.54, 1.807) is 7.11 Å². The zero-order valence-corrected chi connectivity index (χ0v) is 8.01. The third-order valence-corrected chi connectivity index (χ3v) is 2.26. The Kier molecular flexibility index (Phi) is 4.58. The predicted octanol–water partition coefficient (Wildman–Crippen LogP) is 0.790. The van der Waals surface area contributed by atoms with Gasteiger partial charge in [-0.05, 0) is 19.8 Å². The summed E-state index contributed by atoms with van der Waals surface area (Å²) in [5.41, 5.74) is 0. The first kappa shape index (κ1) is 9.96. The van der Waals surface area contributed by atoms with Crippen LogP contribution in [0.4, 0.5) is 0 Å². The molecule has 0 amide bonds. The Morgan fingerprint density at radius 3 is 2.75 bits per heavy atom. The quantitative estimate of drug-likeness (QED) is 0.638. The van der Waals surface area contributed by atoms with E-state index in [1.165, 1.54) is 12.8 Å². The van der Waals surface area contributed by atoms with Crippen LogP contribution in [0.2, 0.25) is 0 Å². The molecule has 1 fully saturated rings. The van der Waals surface area contributed by atoms with Crippen LogP contribution >= 0.6 is 0 Å². The van der Waals surface area contributed by atoms with Crippen LogP contribution in [0.1, 0.15) is 19.8 Å². The zero-order valence-electron chi connectivity index (χ0n) is 8.01. The molecule has 0 aliphatic carbocycles. The maximum atomic E-state index is 5.58. The number of nitrogens with one attached hydrogen (secondary N) is 1. The fourth-order valence-electron chi connectivity index (χ4n) is 1.41. The monoisotopic (exact) mass is 173 g/mol. The van der Waals surface area contributed by atoms with Crippen molar-refractivity contribution in [2.75, 3.05) is 26.9 Å². The van der Waals surface area contributed by atoms with E-state index < -0.39 is 0 Å². The van der Waals surface area contributed by atoms with Gasteiger partial charge in [-0.2, -0.15) is 0 Å². The molecule has 0 aromatic rings. The highest BCUT2D eigenvalue weighted by Gasteiger charge is 2.17. The highest BCUT2D eigenvalue weighted by molar-refractivity contribution is 4.74. The van der Waals surface area contributed by atoms with E-state index >= 15 is 0 Å². The second-order valence-corrected chi connectivity index (χ2v) is 3.37. The standard InChI is InChI=1S/C9H19NO2/c1-8-3-4-9(7-10-8)12-6-5-11-2/h8-10H,3-7H2,1-2H3. The van der Waals surface area contributed by atoms with Crippen LogP contribution in [0.15, 0.2) is 0 Å². The fourth-order valence-corrected chi connectivity index (χ4v) is 1.41. The van der Waals surface area contributed by atoms with Gasteiger partial charge in [0.05, 0.1) is 19.3 Å². The molecule has 1 rings (SSSR count). The Morgan fingerprint density at radius 2 is 2.17 bits per heavy atom. The van der Waals surface area contributed by atoms with E-state index in [0.717, 1.165) is 13.2 Å². The average Bonchev–Trinajstić information content (AvgIpc) is 2.09. The molecule has 1 heterocycles. The number of hydrogen-bond acceptors (Lipinski definition) is 3. The molecule has 1 aliphatic heterocycles. The van der Waals surface area contributed by atoms with Gasteiger partial charge in [-0.1, -0.05) is 0 Å². The lowest BCUT2D eigenvalue weighted by Crippen LogP contribution is -2.41. The lowest BCUT2D eigenvalue weighted by molar-refractivity contribution is 0.00213. The highest BCUT2D eigenvalue weighted by Crippen LogP contribution is 2.10. The Labute approximate surface area is 74.4 Å². The minimum absolute atomic E-state index is 0.399. The molecule has 2 atom stereocenters. The molecule has 0 aromatic heterocycles. The highest BCUT2D eigenvalue weighted by atomic mass is 16.5. The second-order valence-electron chi connectivity index (χ2n) is 3.37. The summed E-state index contributed by atoms with van der Waals surface area (Å²) in [6, 6.07) is 0.660. The van der Waals surface area contributed by atoms with E-state index in [2.05, 4.69) is 12.2 Å². The maximum Gasteiger partial charge on any atom is 0.0704 e. The van der Waals surface area contributed by atoms with Crippen LogP contribution < -0.4 is 5.32 Å². The number of methoxy groups -OCH3 is 1. The van der Waals surface area contributed by atoms with Crippen LogP contribution in [-0.4, -0.2) is 39.0 Å². The topological polar surface area (TPSA) is 30.5 Å². The summed E-state index contributed by atoms with van der Waals surface area (Å²) in [6.07, 6.45) is 2.80. The van der Waals surface area contributed by atoms with Crippen molar-refractivity contribution in [1.82, 2.24) is 5.32 Å². The van der Waals surface area contributed by atoms with Crippen LogP contribution in [-0.2, 0) is 9.47 Å². The molecule has 1 aliphatic rings. The van der Waals surface area contributed by atoms with Gasteiger partial charge in [0.2, 0.25) is 0 Å². The minimum Gasteiger partial charge on any atom is -0.382 e.